The first-order chi connectivity index (χ1) is 13.2. The Hall–Kier alpha value is -2.22. The van der Waals surface area contributed by atoms with Crippen molar-refractivity contribution >= 4 is 27.0 Å². The molecule has 0 aliphatic rings. The second kappa shape index (κ2) is 8.03. The number of hydrogen-bond donors (Lipinski definition) is 0. The predicted octanol–water partition coefficient (Wildman–Crippen LogP) is 4.34. The fourth-order valence-corrected chi connectivity index (χ4v) is 5.02. The Morgan fingerprint density at radius 1 is 1.11 bits per heavy atom. The van der Waals surface area contributed by atoms with Crippen molar-refractivity contribution in [2.45, 2.75) is 32.2 Å². The van der Waals surface area contributed by atoms with Gasteiger partial charge in [0.25, 0.3) is 0 Å². The number of rotatable bonds is 5. The molecule has 0 saturated carbocycles. The van der Waals surface area contributed by atoms with Gasteiger partial charge in [-0.1, -0.05) is 18.2 Å². The average Bonchev–Trinajstić information content (AvgIpc) is 3.05. The van der Waals surface area contributed by atoms with Gasteiger partial charge in [0.2, 0.25) is 10.0 Å². The standard InChI is InChI=1S/C21H25N3O2S2/c1-6-24-20(14-27-21(24)22-19-10-8-7-9-16(19)3)17-11-15(2)12-18(13-17)28(25,26)23(4)5/h7-14H,6H2,1-5H3. The molecule has 5 nitrogen and oxygen atoms in total. The van der Waals surface area contributed by atoms with Crippen molar-refractivity contribution in [1.82, 2.24) is 8.87 Å². The highest BCUT2D eigenvalue weighted by atomic mass is 32.2. The summed E-state index contributed by atoms with van der Waals surface area (Å²) >= 11 is 1.56. The molecule has 0 spiro atoms. The van der Waals surface area contributed by atoms with Crippen LogP contribution in [-0.4, -0.2) is 31.4 Å². The summed E-state index contributed by atoms with van der Waals surface area (Å²) in [6, 6.07) is 13.5. The van der Waals surface area contributed by atoms with Gasteiger partial charge in [-0.2, -0.15) is 0 Å². The largest absolute Gasteiger partial charge is 0.317 e. The van der Waals surface area contributed by atoms with E-state index in [4.69, 9.17) is 4.99 Å². The van der Waals surface area contributed by atoms with Crippen molar-refractivity contribution in [3.05, 3.63) is 63.8 Å². The molecule has 28 heavy (non-hydrogen) atoms. The van der Waals surface area contributed by atoms with Crippen molar-refractivity contribution in [2.75, 3.05) is 14.1 Å². The van der Waals surface area contributed by atoms with E-state index in [0.29, 0.717) is 4.90 Å². The van der Waals surface area contributed by atoms with Gasteiger partial charge in [0.05, 0.1) is 16.3 Å². The van der Waals surface area contributed by atoms with Crippen molar-refractivity contribution in [2.24, 2.45) is 4.99 Å². The normalized spacial score (nSPS) is 12.7. The molecule has 1 heterocycles. The van der Waals surface area contributed by atoms with E-state index in [-0.39, 0.29) is 0 Å². The van der Waals surface area contributed by atoms with E-state index in [0.717, 1.165) is 39.4 Å². The average molecular weight is 416 g/mol. The number of sulfonamides is 1. The summed E-state index contributed by atoms with van der Waals surface area (Å²) in [5.41, 5.74) is 4.82. The summed E-state index contributed by atoms with van der Waals surface area (Å²) in [4.78, 5) is 6.03. The number of para-hydroxylation sites is 1. The Labute approximate surface area is 170 Å². The molecular weight excluding hydrogens is 390 g/mol. The second-order valence-corrected chi connectivity index (χ2v) is 9.86. The number of benzene rings is 2. The van der Waals surface area contributed by atoms with Crippen LogP contribution in [0.4, 0.5) is 5.69 Å². The van der Waals surface area contributed by atoms with E-state index < -0.39 is 10.0 Å². The number of thiazole rings is 1. The molecule has 7 heteroatoms. The van der Waals surface area contributed by atoms with Crippen molar-refractivity contribution in [3.63, 3.8) is 0 Å². The third-order valence-corrected chi connectivity index (χ3v) is 7.23. The molecule has 3 aromatic rings. The van der Waals surface area contributed by atoms with Crippen LogP contribution in [0.2, 0.25) is 0 Å². The van der Waals surface area contributed by atoms with Crippen LogP contribution in [-0.2, 0) is 16.6 Å². The van der Waals surface area contributed by atoms with Crippen LogP contribution in [0.3, 0.4) is 0 Å². The van der Waals surface area contributed by atoms with Crippen LogP contribution in [0.5, 0.6) is 0 Å². The first kappa shape index (κ1) is 20.5. The third kappa shape index (κ3) is 3.97. The summed E-state index contributed by atoms with van der Waals surface area (Å²) in [7, 11) is -0.395. The molecule has 0 unspecified atom stereocenters. The molecule has 148 valence electrons. The Morgan fingerprint density at radius 2 is 1.82 bits per heavy atom. The van der Waals surface area contributed by atoms with Crippen molar-refractivity contribution < 1.29 is 8.42 Å². The summed E-state index contributed by atoms with van der Waals surface area (Å²) < 4.78 is 28.6. The molecule has 0 fully saturated rings. The number of aromatic nitrogens is 1. The first-order valence-electron chi connectivity index (χ1n) is 9.07. The molecule has 0 bridgehead atoms. The highest BCUT2D eigenvalue weighted by molar-refractivity contribution is 7.89. The molecule has 0 radical (unpaired) electrons. The number of aryl methyl sites for hydroxylation is 2. The lowest BCUT2D eigenvalue weighted by atomic mass is 10.1. The SMILES string of the molecule is CCn1c(-c2cc(C)cc(S(=O)(=O)N(C)C)c2)csc1=Nc1ccccc1C. The summed E-state index contributed by atoms with van der Waals surface area (Å²) in [5.74, 6) is 0. The van der Waals surface area contributed by atoms with Gasteiger partial charge in [-0.05, 0) is 56.2 Å². The van der Waals surface area contributed by atoms with Gasteiger partial charge in [-0.3, -0.25) is 0 Å². The Kier molecular flexibility index (Phi) is 5.88. The second-order valence-electron chi connectivity index (χ2n) is 6.87. The van der Waals surface area contributed by atoms with E-state index in [1.165, 1.54) is 4.31 Å². The quantitative estimate of drug-likeness (QED) is 0.623. The lowest BCUT2D eigenvalue weighted by Gasteiger charge is -2.14. The highest BCUT2D eigenvalue weighted by Gasteiger charge is 2.19. The van der Waals surface area contributed by atoms with E-state index in [2.05, 4.69) is 11.5 Å². The van der Waals surface area contributed by atoms with Crippen molar-refractivity contribution in [1.29, 1.82) is 0 Å². The summed E-state index contributed by atoms with van der Waals surface area (Å²) in [5, 5.41) is 2.04. The minimum Gasteiger partial charge on any atom is -0.317 e. The molecule has 0 amide bonds. The smallest absolute Gasteiger partial charge is 0.242 e. The fraction of sp³-hybridized carbons (Fsp3) is 0.286. The lowest BCUT2D eigenvalue weighted by Crippen LogP contribution is -2.22. The maximum absolute atomic E-state index is 12.6. The molecule has 3 rings (SSSR count). The molecule has 0 aliphatic heterocycles. The van der Waals surface area contributed by atoms with Crippen LogP contribution in [0.15, 0.2) is 57.7 Å². The van der Waals surface area contributed by atoms with Gasteiger partial charge in [0, 0.05) is 31.6 Å². The fourth-order valence-electron chi connectivity index (χ4n) is 3.00. The van der Waals surface area contributed by atoms with Crippen LogP contribution in [0.1, 0.15) is 18.1 Å². The highest BCUT2D eigenvalue weighted by Crippen LogP contribution is 2.27. The Morgan fingerprint density at radius 3 is 2.46 bits per heavy atom. The van der Waals surface area contributed by atoms with E-state index in [1.54, 1.807) is 37.6 Å². The first-order valence-corrected chi connectivity index (χ1v) is 11.4. The Balaban J connectivity index is 2.18. The van der Waals surface area contributed by atoms with Crippen LogP contribution in [0.25, 0.3) is 11.3 Å². The monoisotopic (exact) mass is 415 g/mol. The van der Waals surface area contributed by atoms with Crippen LogP contribution in [0, 0.1) is 13.8 Å². The Bertz CT molecular complexity index is 1170. The van der Waals surface area contributed by atoms with E-state index >= 15 is 0 Å². The van der Waals surface area contributed by atoms with Gasteiger partial charge in [-0.25, -0.2) is 17.7 Å². The molecule has 0 aliphatic carbocycles. The van der Waals surface area contributed by atoms with Crippen LogP contribution < -0.4 is 4.80 Å². The van der Waals surface area contributed by atoms with Crippen molar-refractivity contribution in [3.8, 4) is 11.3 Å². The van der Waals surface area contributed by atoms with E-state index in [1.807, 2.05) is 49.6 Å². The number of nitrogens with zero attached hydrogens (tertiary/aromatic N) is 3. The molecule has 0 N–H and O–H groups in total. The molecule has 0 atom stereocenters. The van der Waals surface area contributed by atoms with Gasteiger partial charge >= 0.3 is 0 Å². The van der Waals surface area contributed by atoms with Gasteiger partial charge in [0.15, 0.2) is 4.80 Å². The third-order valence-electron chi connectivity index (χ3n) is 4.57. The summed E-state index contributed by atoms with van der Waals surface area (Å²) in [6.07, 6.45) is 0. The minimum absolute atomic E-state index is 0.304. The maximum atomic E-state index is 12.6. The van der Waals surface area contributed by atoms with Crippen LogP contribution >= 0.6 is 11.3 Å². The zero-order chi connectivity index (χ0) is 20.5. The van der Waals surface area contributed by atoms with Gasteiger partial charge < -0.3 is 4.57 Å². The van der Waals surface area contributed by atoms with Gasteiger partial charge in [0.1, 0.15) is 0 Å². The minimum atomic E-state index is -3.49. The number of hydrogen-bond acceptors (Lipinski definition) is 4. The maximum Gasteiger partial charge on any atom is 0.242 e. The molecule has 1 aromatic heterocycles. The van der Waals surface area contributed by atoms with E-state index in [9.17, 15) is 8.42 Å². The summed E-state index contributed by atoms with van der Waals surface area (Å²) in [6.45, 7) is 6.77. The predicted molar refractivity (Wildman–Crippen MR) is 115 cm³/mol. The topological polar surface area (TPSA) is 54.7 Å². The van der Waals surface area contributed by atoms with Gasteiger partial charge in [-0.15, -0.1) is 11.3 Å². The lowest BCUT2D eigenvalue weighted by molar-refractivity contribution is 0.520. The molecule has 2 aromatic carbocycles. The zero-order valence-corrected chi connectivity index (χ0v) is 18.4. The molecule has 0 saturated heterocycles. The zero-order valence-electron chi connectivity index (χ0n) is 16.8. The molecular formula is C21H25N3O2S2.